The van der Waals surface area contributed by atoms with Crippen LogP contribution in [0.15, 0.2) is 59.7 Å². The highest BCUT2D eigenvalue weighted by Crippen LogP contribution is 2.19. The first-order valence-corrected chi connectivity index (χ1v) is 7.65. The maximum atomic E-state index is 11.0. The highest BCUT2D eigenvalue weighted by Gasteiger charge is 2.01. The van der Waals surface area contributed by atoms with E-state index >= 15 is 0 Å². The first kappa shape index (κ1) is 15.7. The van der Waals surface area contributed by atoms with Crippen LogP contribution in [0.1, 0.15) is 18.1 Å². The summed E-state index contributed by atoms with van der Waals surface area (Å²) in [5, 5.41) is 8.09. The molecule has 1 amide bonds. The van der Waals surface area contributed by atoms with Crippen LogP contribution in [-0.2, 0) is 4.79 Å². The van der Waals surface area contributed by atoms with Gasteiger partial charge < -0.3 is 5.32 Å². The molecule has 120 valence electrons. The van der Waals surface area contributed by atoms with Crippen molar-refractivity contribution in [3.63, 3.8) is 0 Å². The number of anilines is 2. The van der Waals surface area contributed by atoms with Crippen molar-refractivity contribution in [1.29, 1.82) is 0 Å². The van der Waals surface area contributed by atoms with E-state index in [1.54, 1.807) is 6.21 Å². The first-order chi connectivity index (χ1) is 11.6. The Balaban J connectivity index is 1.71. The summed E-state index contributed by atoms with van der Waals surface area (Å²) in [4.78, 5) is 15.5. The summed E-state index contributed by atoms with van der Waals surface area (Å²) >= 11 is 0. The predicted octanol–water partition coefficient (Wildman–Crippen LogP) is 3.95. The average Bonchev–Trinajstić information content (AvgIpc) is 2.56. The number of rotatable bonds is 4. The van der Waals surface area contributed by atoms with E-state index in [9.17, 15) is 4.79 Å². The molecule has 0 spiro atoms. The molecule has 0 aliphatic rings. The van der Waals surface area contributed by atoms with Crippen LogP contribution in [0.2, 0.25) is 0 Å². The van der Waals surface area contributed by atoms with Crippen molar-refractivity contribution < 1.29 is 4.79 Å². The summed E-state index contributed by atoms with van der Waals surface area (Å²) < 4.78 is 0. The number of aromatic nitrogens is 1. The van der Waals surface area contributed by atoms with Gasteiger partial charge in [0.1, 0.15) is 5.82 Å². The van der Waals surface area contributed by atoms with Crippen molar-refractivity contribution in [2.75, 3.05) is 10.7 Å². The minimum Gasteiger partial charge on any atom is -0.326 e. The number of fused-ring (bicyclic) bond motifs is 1. The third-order valence-corrected chi connectivity index (χ3v) is 3.55. The molecule has 5 heteroatoms. The van der Waals surface area contributed by atoms with Crippen LogP contribution in [0.4, 0.5) is 11.5 Å². The standard InChI is InChI=1S/C19H18N4O/c1-13-11-19(22-18-6-4-3-5-17(13)18)23-20-12-15-7-9-16(10-8-15)21-14(2)24/h3-12H,1-2H3,(H,21,24)(H,22,23)/b20-12+. The molecule has 3 rings (SSSR count). The highest BCUT2D eigenvalue weighted by molar-refractivity contribution is 5.89. The molecule has 0 atom stereocenters. The van der Waals surface area contributed by atoms with Crippen LogP contribution in [0.5, 0.6) is 0 Å². The minimum absolute atomic E-state index is 0.0872. The van der Waals surface area contributed by atoms with Gasteiger partial charge in [-0.1, -0.05) is 30.3 Å². The van der Waals surface area contributed by atoms with Crippen molar-refractivity contribution in [2.24, 2.45) is 5.10 Å². The van der Waals surface area contributed by atoms with Gasteiger partial charge in [0, 0.05) is 18.0 Å². The Labute approximate surface area is 140 Å². The SMILES string of the molecule is CC(=O)Nc1ccc(/C=N/Nc2cc(C)c3ccccc3n2)cc1. The second-order valence-electron chi connectivity index (χ2n) is 5.51. The number of hydrogen-bond acceptors (Lipinski definition) is 4. The van der Waals surface area contributed by atoms with Crippen LogP contribution < -0.4 is 10.7 Å². The molecule has 0 aliphatic carbocycles. The molecular formula is C19H18N4O. The third-order valence-electron chi connectivity index (χ3n) is 3.55. The predicted molar refractivity (Wildman–Crippen MR) is 98.4 cm³/mol. The number of carbonyl (C=O) groups excluding carboxylic acids is 1. The number of hydrazone groups is 1. The van der Waals surface area contributed by atoms with E-state index in [4.69, 9.17) is 0 Å². The second-order valence-corrected chi connectivity index (χ2v) is 5.51. The lowest BCUT2D eigenvalue weighted by molar-refractivity contribution is -0.114. The number of hydrogen-bond donors (Lipinski definition) is 2. The summed E-state index contributed by atoms with van der Waals surface area (Å²) in [7, 11) is 0. The average molecular weight is 318 g/mol. The largest absolute Gasteiger partial charge is 0.326 e. The molecule has 3 aromatic rings. The molecule has 0 unspecified atom stereocenters. The van der Waals surface area contributed by atoms with Gasteiger partial charge >= 0.3 is 0 Å². The molecule has 0 bridgehead atoms. The molecule has 5 nitrogen and oxygen atoms in total. The van der Waals surface area contributed by atoms with E-state index in [0.717, 1.165) is 27.7 Å². The Morgan fingerprint density at radius 3 is 2.62 bits per heavy atom. The third kappa shape index (κ3) is 3.76. The van der Waals surface area contributed by atoms with E-state index in [2.05, 4.69) is 33.8 Å². The number of para-hydroxylation sites is 1. The number of nitrogens with one attached hydrogen (secondary N) is 2. The number of benzene rings is 2. The summed E-state index contributed by atoms with van der Waals surface area (Å²) in [6.45, 7) is 3.54. The van der Waals surface area contributed by atoms with E-state index in [1.165, 1.54) is 6.92 Å². The maximum Gasteiger partial charge on any atom is 0.221 e. The van der Waals surface area contributed by atoms with Crippen molar-refractivity contribution in [2.45, 2.75) is 13.8 Å². The zero-order valence-corrected chi connectivity index (χ0v) is 13.6. The molecule has 0 saturated heterocycles. The molecule has 1 aromatic heterocycles. The lowest BCUT2D eigenvalue weighted by atomic mass is 10.1. The fourth-order valence-electron chi connectivity index (χ4n) is 2.44. The summed E-state index contributed by atoms with van der Waals surface area (Å²) in [6, 6.07) is 17.4. The molecule has 2 N–H and O–H groups in total. The fourth-order valence-corrected chi connectivity index (χ4v) is 2.44. The quantitative estimate of drug-likeness (QED) is 0.565. The molecule has 0 saturated carbocycles. The van der Waals surface area contributed by atoms with Crippen molar-refractivity contribution in [3.05, 3.63) is 65.7 Å². The number of nitrogens with zero attached hydrogens (tertiary/aromatic N) is 2. The molecule has 0 aliphatic heterocycles. The normalized spacial score (nSPS) is 10.9. The van der Waals surface area contributed by atoms with Gasteiger partial charge in [0.15, 0.2) is 0 Å². The van der Waals surface area contributed by atoms with Gasteiger partial charge in [-0.15, -0.1) is 0 Å². The van der Waals surface area contributed by atoms with Crippen LogP contribution in [0.25, 0.3) is 10.9 Å². The fraction of sp³-hybridized carbons (Fsp3) is 0.105. The zero-order valence-electron chi connectivity index (χ0n) is 13.6. The van der Waals surface area contributed by atoms with E-state index in [0.29, 0.717) is 5.82 Å². The Morgan fingerprint density at radius 1 is 1.12 bits per heavy atom. The van der Waals surface area contributed by atoms with Crippen LogP contribution in [-0.4, -0.2) is 17.1 Å². The Hall–Kier alpha value is -3.21. The van der Waals surface area contributed by atoms with E-state index in [1.807, 2.05) is 48.5 Å². The smallest absolute Gasteiger partial charge is 0.221 e. The summed E-state index contributed by atoms with van der Waals surface area (Å²) in [5.74, 6) is 0.619. The first-order valence-electron chi connectivity index (χ1n) is 7.65. The minimum atomic E-state index is -0.0872. The topological polar surface area (TPSA) is 66.4 Å². The maximum absolute atomic E-state index is 11.0. The van der Waals surface area contributed by atoms with Crippen molar-refractivity contribution in [1.82, 2.24) is 4.98 Å². The van der Waals surface area contributed by atoms with Gasteiger partial charge in [-0.25, -0.2) is 4.98 Å². The molecule has 2 aromatic carbocycles. The van der Waals surface area contributed by atoms with Crippen molar-refractivity contribution in [3.8, 4) is 0 Å². The van der Waals surface area contributed by atoms with Gasteiger partial charge in [-0.3, -0.25) is 10.2 Å². The van der Waals surface area contributed by atoms with E-state index < -0.39 is 0 Å². The van der Waals surface area contributed by atoms with Gasteiger partial charge in [-0.2, -0.15) is 5.10 Å². The van der Waals surface area contributed by atoms with Gasteiger partial charge in [0.05, 0.1) is 11.7 Å². The molecule has 0 radical (unpaired) electrons. The summed E-state index contributed by atoms with van der Waals surface area (Å²) in [5.41, 5.74) is 6.74. The number of pyridine rings is 1. The van der Waals surface area contributed by atoms with Gasteiger partial charge in [-0.05, 0) is 42.3 Å². The lowest BCUT2D eigenvalue weighted by Gasteiger charge is -2.05. The monoisotopic (exact) mass is 318 g/mol. The second kappa shape index (κ2) is 6.91. The Bertz CT molecular complexity index is 901. The van der Waals surface area contributed by atoms with Crippen LogP contribution in [0.3, 0.4) is 0 Å². The zero-order chi connectivity index (χ0) is 16.9. The Kier molecular flexibility index (Phi) is 4.52. The summed E-state index contributed by atoms with van der Waals surface area (Å²) in [6.07, 6.45) is 1.71. The lowest BCUT2D eigenvalue weighted by Crippen LogP contribution is -2.05. The molecular weight excluding hydrogens is 300 g/mol. The van der Waals surface area contributed by atoms with E-state index in [-0.39, 0.29) is 5.91 Å². The number of amides is 1. The van der Waals surface area contributed by atoms with Crippen molar-refractivity contribution >= 4 is 34.5 Å². The Morgan fingerprint density at radius 2 is 1.88 bits per heavy atom. The van der Waals surface area contributed by atoms with Crippen LogP contribution in [0, 0.1) is 6.92 Å². The number of carbonyl (C=O) groups is 1. The highest BCUT2D eigenvalue weighted by atomic mass is 16.1. The molecule has 0 fully saturated rings. The molecule has 24 heavy (non-hydrogen) atoms. The van der Waals surface area contributed by atoms with Crippen LogP contribution >= 0.6 is 0 Å². The van der Waals surface area contributed by atoms with Gasteiger partial charge in [0.25, 0.3) is 0 Å². The number of aryl methyl sites for hydroxylation is 1. The van der Waals surface area contributed by atoms with Gasteiger partial charge in [0.2, 0.25) is 5.91 Å². The molecule has 1 heterocycles.